The Morgan fingerprint density at radius 1 is 1.59 bits per heavy atom. The summed E-state index contributed by atoms with van der Waals surface area (Å²) in [4.78, 5) is 12.5. The molecule has 2 atom stereocenters. The second kappa shape index (κ2) is 4.87. The molecular formula is C12H16N2O2S. The van der Waals surface area contributed by atoms with Crippen LogP contribution in [-0.2, 0) is 0 Å². The summed E-state index contributed by atoms with van der Waals surface area (Å²) in [6, 6.07) is 1.74. The quantitative estimate of drug-likeness (QED) is 0.804. The van der Waals surface area contributed by atoms with Crippen LogP contribution in [-0.4, -0.2) is 16.9 Å². The van der Waals surface area contributed by atoms with Crippen molar-refractivity contribution >= 4 is 23.1 Å². The maximum atomic E-state index is 12.0. The Kier molecular flexibility index (Phi) is 3.47. The van der Waals surface area contributed by atoms with Gasteiger partial charge in [0, 0.05) is 12.0 Å². The van der Waals surface area contributed by atoms with Crippen LogP contribution in [0, 0.1) is 12.8 Å². The Morgan fingerprint density at radius 3 is 2.94 bits per heavy atom. The summed E-state index contributed by atoms with van der Waals surface area (Å²) in [5, 5.41) is 2.99. The van der Waals surface area contributed by atoms with Crippen molar-refractivity contribution in [3.8, 4) is 0 Å². The van der Waals surface area contributed by atoms with Crippen molar-refractivity contribution in [2.24, 2.45) is 11.7 Å². The third-order valence-corrected chi connectivity index (χ3v) is 3.60. The van der Waals surface area contributed by atoms with E-state index < -0.39 is 0 Å². The predicted molar refractivity (Wildman–Crippen MR) is 68.8 cm³/mol. The van der Waals surface area contributed by atoms with Crippen molar-refractivity contribution in [1.29, 1.82) is 0 Å². The first kappa shape index (κ1) is 12.1. The summed E-state index contributed by atoms with van der Waals surface area (Å²) in [5.74, 6) is 0.651. The van der Waals surface area contributed by atoms with Crippen molar-refractivity contribution in [3.05, 3.63) is 23.7 Å². The van der Waals surface area contributed by atoms with Gasteiger partial charge in [0.15, 0.2) is 0 Å². The molecule has 2 unspecified atom stereocenters. The lowest BCUT2D eigenvalue weighted by Gasteiger charge is -2.19. The first-order chi connectivity index (χ1) is 8.09. The molecule has 4 nitrogen and oxygen atoms in total. The van der Waals surface area contributed by atoms with Crippen LogP contribution in [0.25, 0.3) is 0 Å². The molecule has 3 N–H and O–H groups in total. The number of nitrogens with one attached hydrogen (secondary N) is 1. The third-order valence-electron chi connectivity index (χ3n) is 3.30. The average molecular weight is 252 g/mol. The monoisotopic (exact) mass is 252 g/mol. The normalized spacial score (nSPS) is 23.6. The second-order valence-electron chi connectivity index (χ2n) is 4.41. The number of thiocarbonyl (C=S) groups is 1. The van der Waals surface area contributed by atoms with Gasteiger partial charge in [0.25, 0.3) is 5.91 Å². The smallest absolute Gasteiger partial charge is 0.255 e. The first-order valence-corrected chi connectivity index (χ1v) is 6.14. The van der Waals surface area contributed by atoms with Gasteiger partial charge in [-0.2, -0.15) is 0 Å². The molecule has 1 aliphatic rings. The molecule has 0 spiro atoms. The summed E-state index contributed by atoms with van der Waals surface area (Å²) in [5.41, 5.74) is 6.26. The minimum Gasteiger partial charge on any atom is -0.469 e. The van der Waals surface area contributed by atoms with Crippen LogP contribution in [0.3, 0.4) is 0 Å². The molecule has 0 radical (unpaired) electrons. The van der Waals surface area contributed by atoms with E-state index in [-0.39, 0.29) is 17.9 Å². The Bertz CT molecular complexity index is 441. The fourth-order valence-electron chi connectivity index (χ4n) is 2.34. The maximum absolute atomic E-state index is 12.0. The molecular weight excluding hydrogens is 236 g/mol. The lowest BCUT2D eigenvalue weighted by atomic mass is 10.0. The van der Waals surface area contributed by atoms with Crippen LogP contribution < -0.4 is 11.1 Å². The van der Waals surface area contributed by atoms with Gasteiger partial charge < -0.3 is 15.5 Å². The van der Waals surface area contributed by atoms with Gasteiger partial charge in [-0.1, -0.05) is 18.6 Å². The second-order valence-corrected chi connectivity index (χ2v) is 4.88. The van der Waals surface area contributed by atoms with Crippen LogP contribution in [0.5, 0.6) is 0 Å². The van der Waals surface area contributed by atoms with Gasteiger partial charge in [-0.3, -0.25) is 4.79 Å². The molecule has 0 saturated heterocycles. The van der Waals surface area contributed by atoms with E-state index in [1.807, 2.05) is 0 Å². The van der Waals surface area contributed by atoms with Crippen LogP contribution in [0.4, 0.5) is 0 Å². The summed E-state index contributed by atoms with van der Waals surface area (Å²) >= 11 is 5.02. The van der Waals surface area contributed by atoms with Crippen LogP contribution in [0.15, 0.2) is 16.7 Å². The molecule has 0 bridgehead atoms. The number of carbonyl (C=O) groups is 1. The van der Waals surface area contributed by atoms with Crippen LogP contribution in [0.1, 0.15) is 35.4 Å². The Morgan fingerprint density at radius 2 is 2.35 bits per heavy atom. The molecule has 1 aromatic rings. The highest BCUT2D eigenvalue weighted by Gasteiger charge is 2.31. The van der Waals surface area contributed by atoms with E-state index in [1.165, 1.54) is 6.26 Å². The largest absolute Gasteiger partial charge is 0.469 e. The predicted octanol–water partition coefficient (Wildman–Crippen LogP) is 1.77. The van der Waals surface area contributed by atoms with Crippen LogP contribution in [0.2, 0.25) is 0 Å². The number of furan rings is 1. The number of amides is 1. The zero-order chi connectivity index (χ0) is 12.4. The number of hydrogen-bond acceptors (Lipinski definition) is 3. The van der Waals surface area contributed by atoms with E-state index in [2.05, 4.69) is 5.32 Å². The fraction of sp³-hybridized carbons (Fsp3) is 0.500. The minimum atomic E-state index is -0.107. The minimum absolute atomic E-state index is 0.0642. The fourth-order valence-corrected chi connectivity index (χ4v) is 2.62. The van der Waals surface area contributed by atoms with Gasteiger partial charge in [0.2, 0.25) is 0 Å². The molecule has 2 rings (SSSR count). The highest BCUT2D eigenvalue weighted by atomic mass is 32.1. The molecule has 1 fully saturated rings. The SMILES string of the molecule is Cc1occc1C(=O)NC1CCCC1C(N)=S. The van der Waals surface area contributed by atoms with Crippen molar-refractivity contribution in [2.75, 3.05) is 0 Å². The van der Waals surface area contributed by atoms with Gasteiger partial charge in [-0.05, 0) is 25.8 Å². The summed E-state index contributed by atoms with van der Waals surface area (Å²) in [6.07, 6.45) is 4.47. The van der Waals surface area contributed by atoms with E-state index in [0.29, 0.717) is 16.3 Å². The molecule has 0 aliphatic heterocycles. The number of rotatable bonds is 3. The molecule has 1 amide bonds. The average Bonchev–Trinajstić information content (AvgIpc) is 2.86. The van der Waals surface area contributed by atoms with Crippen molar-refractivity contribution in [2.45, 2.75) is 32.2 Å². The molecule has 92 valence electrons. The van der Waals surface area contributed by atoms with Gasteiger partial charge in [0.05, 0.1) is 16.8 Å². The number of aryl methyl sites for hydroxylation is 1. The Labute approximate surface area is 106 Å². The molecule has 1 heterocycles. The van der Waals surface area contributed by atoms with Gasteiger partial charge in [0.1, 0.15) is 5.76 Å². The summed E-state index contributed by atoms with van der Waals surface area (Å²) in [6.45, 7) is 1.77. The van der Waals surface area contributed by atoms with Gasteiger partial charge in [-0.25, -0.2) is 0 Å². The molecule has 1 aromatic heterocycles. The van der Waals surface area contributed by atoms with E-state index in [4.69, 9.17) is 22.4 Å². The summed E-state index contributed by atoms with van der Waals surface area (Å²) < 4.78 is 5.11. The van der Waals surface area contributed by atoms with Crippen molar-refractivity contribution < 1.29 is 9.21 Å². The van der Waals surface area contributed by atoms with Gasteiger partial charge in [-0.15, -0.1) is 0 Å². The van der Waals surface area contributed by atoms with Crippen LogP contribution >= 0.6 is 12.2 Å². The molecule has 1 aliphatic carbocycles. The molecule has 17 heavy (non-hydrogen) atoms. The zero-order valence-corrected chi connectivity index (χ0v) is 10.5. The highest BCUT2D eigenvalue weighted by Crippen LogP contribution is 2.26. The Hall–Kier alpha value is -1.36. The standard InChI is InChI=1S/C12H16N2O2S/c1-7-8(5-6-16-7)12(15)14-10-4-2-3-9(10)11(13)17/h5-6,9-10H,2-4H2,1H3,(H2,13,17)(H,14,15). The van der Waals surface area contributed by atoms with E-state index in [0.717, 1.165) is 19.3 Å². The topological polar surface area (TPSA) is 68.3 Å². The zero-order valence-electron chi connectivity index (χ0n) is 9.73. The highest BCUT2D eigenvalue weighted by molar-refractivity contribution is 7.80. The number of hydrogen-bond donors (Lipinski definition) is 2. The van der Waals surface area contributed by atoms with Gasteiger partial charge >= 0.3 is 0 Å². The Balaban J connectivity index is 2.04. The molecule has 1 saturated carbocycles. The van der Waals surface area contributed by atoms with E-state index >= 15 is 0 Å². The lowest BCUT2D eigenvalue weighted by molar-refractivity contribution is 0.0932. The number of carbonyl (C=O) groups excluding carboxylic acids is 1. The molecule has 5 heteroatoms. The number of nitrogens with two attached hydrogens (primary N) is 1. The van der Waals surface area contributed by atoms with E-state index in [9.17, 15) is 4.79 Å². The lowest BCUT2D eigenvalue weighted by Crippen LogP contribution is -2.41. The maximum Gasteiger partial charge on any atom is 0.255 e. The van der Waals surface area contributed by atoms with E-state index in [1.54, 1.807) is 13.0 Å². The first-order valence-electron chi connectivity index (χ1n) is 5.74. The summed E-state index contributed by atoms with van der Waals surface area (Å²) in [7, 11) is 0. The van der Waals surface area contributed by atoms with Crippen molar-refractivity contribution in [3.63, 3.8) is 0 Å². The van der Waals surface area contributed by atoms with Crippen molar-refractivity contribution in [1.82, 2.24) is 5.32 Å². The third kappa shape index (κ3) is 2.49. The molecule has 0 aromatic carbocycles.